The fraction of sp³-hybridized carbons (Fsp3) is 0.588. The lowest BCUT2D eigenvalue weighted by Gasteiger charge is -2.37. The zero-order valence-electron chi connectivity index (χ0n) is 12.5. The van der Waals surface area contributed by atoms with Crippen molar-refractivity contribution >= 4 is 11.8 Å². The molecule has 0 bridgehead atoms. The fourth-order valence-corrected chi connectivity index (χ4v) is 4.65. The zero-order valence-corrected chi connectivity index (χ0v) is 12.5. The van der Waals surface area contributed by atoms with Gasteiger partial charge in [-0.25, -0.2) is 4.79 Å². The highest BCUT2D eigenvalue weighted by molar-refractivity contribution is 5.89. The van der Waals surface area contributed by atoms with Crippen LogP contribution in [-0.2, 0) is 0 Å². The van der Waals surface area contributed by atoms with Crippen LogP contribution in [0.5, 0.6) is 0 Å². The van der Waals surface area contributed by atoms with Crippen LogP contribution in [-0.4, -0.2) is 16.7 Å². The fourth-order valence-electron chi connectivity index (χ4n) is 4.65. The number of rotatable bonds is 2. The largest absolute Gasteiger partial charge is 0.465 e. The molecule has 1 N–H and O–H groups in total. The van der Waals surface area contributed by atoms with Crippen LogP contribution in [0.1, 0.15) is 40.0 Å². The summed E-state index contributed by atoms with van der Waals surface area (Å²) < 4.78 is 0. The van der Waals surface area contributed by atoms with Gasteiger partial charge >= 0.3 is 6.09 Å². The van der Waals surface area contributed by atoms with E-state index < -0.39 is 6.09 Å². The molecule has 0 heterocycles. The van der Waals surface area contributed by atoms with Gasteiger partial charge in [0, 0.05) is 5.69 Å². The van der Waals surface area contributed by atoms with E-state index in [-0.39, 0.29) is 11.0 Å². The van der Waals surface area contributed by atoms with Gasteiger partial charge in [-0.3, -0.25) is 4.90 Å². The number of nitrogens with zero attached hydrogens (tertiary/aromatic N) is 1. The third kappa shape index (κ3) is 1.62. The van der Waals surface area contributed by atoms with Crippen LogP contribution in [0.2, 0.25) is 0 Å². The Hall–Kier alpha value is -1.51. The van der Waals surface area contributed by atoms with Crippen molar-refractivity contribution in [2.75, 3.05) is 4.90 Å². The molecule has 108 valence electrons. The highest BCUT2D eigenvalue weighted by Crippen LogP contribution is 2.72. The van der Waals surface area contributed by atoms with Crippen molar-refractivity contribution in [1.82, 2.24) is 0 Å². The van der Waals surface area contributed by atoms with Gasteiger partial charge in [0.2, 0.25) is 0 Å². The minimum atomic E-state index is -0.819. The second-order valence-electron chi connectivity index (χ2n) is 7.04. The van der Waals surface area contributed by atoms with Gasteiger partial charge in [0.25, 0.3) is 0 Å². The lowest BCUT2D eigenvalue weighted by molar-refractivity contribution is 0.190. The third-order valence-corrected chi connectivity index (χ3v) is 5.69. The second-order valence-corrected chi connectivity index (χ2v) is 7.04. The van der Waals surface area contributed by atoms with E-state index in [2.05, 4.69) is 20.8 Å². The highest BCUT2D eigenvalue weighted by atomic mass is 16.4. The van der Waals surface area contributed by atoms with E-state index in [1.54, 1.807) is 4.90 Å². The Balaban J connectivity index is 2.06. The third-order valence-electron chi connectivity index (χ3n) is 5.69. The molecule has 3 rings (SSSR count). The average molecular weight is 273 g/mol. The van der Waals surface area contributed by atoms with Crippen molar-refractivity contribution < 1.29 is 9.90 Å². The molecular formula is C17H23NO2. The number of fused-ring (bicyclic) bond motifs is 1. The normalized spacial score (nSPS) is 34.1. The van der Waals surface area contributed by atoms with E-state index in [0.717, 1.165) is 18.5 Å². The van der Waals surface area contributed by atoms with Crippen molar-refractivity contribution in [2.24, 2.45) is 17.3 Å². The molecule has 2 saturated carbocycles. The van der Waals surface area contributed by atoms with E-state index in [1.807, 2.05) is 30.3 Å². The van der Waals surface area contributed by atoms with Gasteiger partial charge in [-0.2, -0.15) is 0 Å². The number of benzene rings is 1. The Kier molecular flexibility index (Phi) is 2.86. The molecule has 3 unspecified atom stereocenters. The van der Waals surface area contributed by atoms with Gasteiger partial charge in [0.05, 0.1) is 5.54 Å². The number of carboxylic acid groups (broad SMARTS) is 1. The summed E-state index contributed by atoms with van der Waals surface area (Å²) in [5.41, 5.74) is 0.675. The van der Waals surface area contributed by atoms with Gasteiger partial charge in [0.15, 0.2) is 0 Å². The Morgan fingerprint density at radius 2 is 1.90 bits per heavy atom. The van der Waals surface area contributed by atoms with Gasteiger partial charge in [-0.15, -0.1) is 0 Å². The van der Waals surface area contributed by atoms with Crippen molar-refractivity contribution in [3.63, 3.8) is 0 Å². The molecule has 3 nitrogen and oxygen atoms in total. The van der Waals surface area contributed by atoms with E-state index in [4.69, 9.17) is 0 Å². The molecular weight excluding hydrogens is 250 g/mol. The minimum Gasteiger partial charge on any atom is -0.465 e. The molecule has 2 fully saturated rings. The van der Waals surface area contributed by atoms with Crippen LogP contribution in [0, 0.1) is 17.3 Å². The Morgan fingerprint density at radius 1 is 1.25 bits per heavy atom. The SMILES string of the molecule is CC1CCC2C(C)(C)C2(N(C(=O)O)c2ccccc2)C1. The van der Waals surface area contributed by atoms with Crippen LogP contribution < -0.4 is 4.90 Å². The van der Waals surface area contributed by atoms with E-state index in [9.17, 15) is 9.90 Å². The van der Waals surface area contributed by atoms with E-state index in [1.165, 1.54) is 6.42 Å². The summed E-state index contributed by atoms with van der Waals surface area (Å²) in [4.78, 5) is 13.6. The van der Waals surface area contributed by atoms with E-state index in [0.29, 0.717) is 11.8 Å². The average Bonchev–Trinajstić information content (AvgIpc) is 2.86. The Labute approximate surface area is 120 Å². The summed E-state index contributed by atoms with van der Waals surface area (Å²) in [6, 6.07) is 9.58. The molecule has 0 radical (unpaired) electrons. The number of para-hydroxylation sites is 1. The number of hydrogen-bond acceptors (Lipinski definition) is 1. The van der Waals surface area contributed by atoms with E-state index >= 15 is 0 Å². The lowest BCUT2D eigenvalue weighted by Crippen LogP contribution is -2.47. The molecule has 1 aromatic rings. The molecule has 20 heavy (non-hydrogen) atoms. The first kappa shape index (κ1) is 13.5. The molecule has 1 amide bonds. The topological polar surface area (TPSA) is 40.5 Å². The van der Waals surface area contributed by atoms with Crippen LogP contribution in [0.25, 0.3) is 0 Å². The number of anilines is 1. The standard InChI is InChI=1S/C17H23NO2/c1-12-9-10-14-16(2,3)17(14,11-12)18(15(19)20)13-7-5-4-6-8-13/h4-8,12,14H,9-11H2,1-3H3,(H,19,20). The van der Waals surface area contributed by atoms with Crippen LogP contribution >= 0.6 is 0 Å². The summed E-state index contributed by atoms with van der Waals surface area (Å²) in [5, 5.41) is 9.82. The van der Waals surface area contributed by atoms with Crippen LogP contribution in [0.15, 0.2) is 30.3 Å². The van der Waals surface area contributed by atoms with Crippen LogP contribution in [0.4, 0.5) is 10.5 Å². The first-order chi connectivity index (χ1) is 9.41. The lowest BCUT2D eigenvalue weighted by atomic mass is 9.85. The minimum absolute atomic E-state index is 0.0754. The van der Waals surface area contributed by atoms with Gasteiger partial charge in [-0.05, 0) is 42.2 Å². The van der Waals surface area contributed by atoms with Crippen LogP contribution in [0.3, 0.4) is 0 Å². The molecule has 0 aromatic heterocycles. The summed E-state index contributed by atoms with van der Waals surface area (Å²) in [7, 11) is 0. The van der Waals surface area contributed by atoms with Gasteiger partial charge in [-0.1, -0.05) is 45.4 Å². The van der Waals surface area contributed by atoms with Crippen molar-refractivity contribution in [3.8, 4) is 0 Å². The predicted molar refractivity (Wildman–Crippen MR) is 80.0 cm³/mol. The first-order valence-electron chi connectivity index (χ1n) is 7.49. The molecule has 0 spiro atoms. The first-order valence-corrected chi connectivity index (χ1v) is 7.49. The van der Waals surface area contributed by atoms with Crippen molar-refractivity contribution in [3.05, 3.63) is 30.3 Å². The Bertz CT molecular complexity index is 525. The summed E-state index contributed by atoms with van der Waals surface area (Å²) >= 11 is 0. The van der Waals surface area contributed by atoms with Gasteiger partial charge in [0.1, 0.15) is 0 Å². The summed E-state index contributed by atoms with van der Waals surface area (Å²) in [5.74, 6) is 1.08. The zero-order chi connectivity index (χ0) is 14.5. The number of hydrogen-bond donors (Lipinski definition) is 1. The van der Waals surface area contributed by atoms with Crippen molar-refractivity contribution in [2.45, 2.75) is 45.6 Å². The smallest absolute Gasteiger partial charge is 0.412 e. The number of carbonyl (C=O) groups is 1. The molecule has 3 atom stereocenters. The maximum atomic E-state index is 12.0. The number of amides is 1. The quantitative estimate of drug-likeness (QED) is 0.868. The maximum Gasteiger partial charge on any atom is 0.412 e. The molecule has 2 aliphatic carbocycles. The molecule has 2 aliphatic rings. The second kappa shape index (κ2) is 4.24. The molecule has 0 saturated heterocycles. The summed E-state index contributed by atoms with van der Waals surface area (Å²) in [6.07, 6.45) is 2.52. The monoisotopic (exact) mass is 273 g/mol. The molecule has 1 aromatic carbocycles. The maximum absolute atomic E-state index is 12.0. The predicted octanol–water partition coefficient (Wildman–Crippen LogP) is 4.39. The molecule has 0 aliphatic heterocycles. The summed E-state index contributed by atoms with van der Waals surface area (Å²) in [6.45, 7) is 6.71. The van der Waals surface area contributed by atoms with Crippen molar-refractivity contribution in [1.29, 1.82) is 0 Å². The van der Waals surface area contributed by atoms with Gasteiger partial charge < -0.3 is 5.11 Å². The molecule has 3 heteroatoms. The Morgan fingerprint density at radius 3 is 2.50 bits per heavy atom. The highest BCUT2D eigenvalue weighted by Gasteiger charge is 2.75.